The van der Waals surface area contributed by atoms with Gasteiger partial charge in [-0.3, -0.25) is 9.78 Å². The number of aromatic nitrogens is 1. The van der Waals surface area contributed by atoms with Gasteiger partial charge in [0.15, 0.2) is 0 Å². The quantitative estimate of drug-likeness (QED) is 0.897. The smallest absolute Gasteiger partial charge is 0.253 e. The Balaban J connectivity index is 1.85. The number of aliphatic hydroxyl groups excluding tert-OH is 1. The Morgan fingerprint density at radius 2 is 2.05 bits per heavy atom. The summed E-state index contributed by atoms with van der Waals surface area (Å²) >= 11 is 5.88. The zero-order valence-electron chi connectivity index (χ0n) is 11.7. The van der Waals surface area contributed by atoms with Crippen molar-refractivity contribution in [1.82, 2.24) is 10.3 Å². The molecule has 0 saturated heterocycles. The van der Waals surface area contributed by atoms with Gasteiger partial charge < -0.3 is 10.4 Å². The highest BCUT2D eigenvalue weighted by molar-refractivity contribution is 6.30. The van der Waals surface area contributed by atoms with Gasteiger partial charge >= 0.3 is 0 Å². The van der Waals surface area contributed by atoms with E-state index >= 15 is 0 Å². The lowest BCUT2D eigenvalue weighted by Gasteiger charge is -2.27. The SMILES string of the molecule is Cc1ncc(Cl)cc1C(=O)NCC1CCC(CO)CC1. The Labute approximate surface area is 124 Å². The topological polar surface area (TPSA) is 62.2 Å². The number of carbonyl (C=O) groups is 1. The van der Waals surface area contributed by atoms with Gasteiger partial charge in [0.2, 0.25) is 0 Å². The zero-order valence-corrected chi connectivity index (χ0v) is 12.5. The van der Waals surface area contributed by atoms with Crippen LogP contribution in [0.5, 0.6) is 0 Å². The van der Waals surface area contributed by atoms with E-state index in [-0.39, 0.29) is 12.5 Å². The number of aryl methyl sites for hydroxylation is 1. The Hall–Kier alpha value is -1.13. The first-order chi connectivity index (χ1) is 9.60. The van der Waals surface area contributed by atoms with Crippen LogP contribution in [-0.2, 0) is 0 Å². The zero-order chi connectivity index (χ0) is 14.5. The Bertz CT molecular complexity index is 471. The number of rotatable bonds is 4. The summed E-state index contributed by atoms with van der Waals surface area (Å²) in [5.74, 6) is 0.845. The summed E-state index contributed by atoms with van der Waals surface area (Å²) in [5.41, 5.74) is 1.23. The minimum atomic E-state index is -0.109. The second-order valence-corrected chi connectivity index (χ2v) is 6.00. The summed E-state index contributed by atoms with van der Waals surface area (Å²) in [4.78, 5) is 16.2. The van der Waals surface area contributed by atoms with Crippen molar-refractivity contribution in [3.05, 3.63) is 28.5 Å². The van der Waals surface area contributed by atoms with Gasteiger partial charge in [0, 0.05) is 19.3 Å². The van der Waals surface area contributed by atoms with Crippen LogP contribution in [0.4, 0.5) is 0 Å². The van der Waals surface area contributed by atoms with E-state index in [2.05, 4.69) is 10.3 Å². The highest BCUT2D eigenvalue weighted by Crippen LogP contribution is 2.27. The van der Waals surface area contributed by atoms with E-state index in [0.717, 1.165) is 25.7 Å². The van der Waals surface area contributed by atoms with Gasteiger partial charge in [-0.25, -0.2) is 0 Å². The summed E-state index contributed by atoms with van der Waals surface area (Å²) in [7, 11) is 0. The fraction of sp³-hybridized carbons (Fsp3) is 0.600. The van der Waals surface area contributed by atoms with E-state index in [4.69, 9.17) is 16.7 Å². The van der Waals surface area contributed by atoms with Gasteiger partial charge in [-0.15, -0.1) is 0 Å². The standard InChI is InChI=1S/C15H21ClN2O2/c1-10-14(6-13(16)8-17-10)15(20)18-7-11-2-4-12(9-19)5-3-11/h6,8,11-12,19H,2-5,7,9H2,1H3,(H,18,20). The molecule has 2 rings (SSSR count). The number of nitrogens with one attached hydrogen (secondary N) is 1. The van der Waals surface area contributed by atoms with Crippen molar-refractivity contribution in [2.75, 3.05) is 13.2 Å². The molecular weight excluding hydrogens is 276 g/mol. The summed E-state index contributed by atoms with van der Waals surface area (Å²) < 4.78 is 0. The lowest BCUT2D eigenvalue weighted by Crippen LogP contribution is -2.32. The maximum Gasteiger partial charge on any atom is 0.253 e. The van der Waals surface area contributed by atoms with Crippen LogP contribution < -0.4 is 5.32 Å². The van der Waals surface area contributed by atoms with E-state index in [1.54, 1.807) is 19.2 Å². The molecule has 0 aliphatic heterocycles. The lowest BCUT2D eigenvalue weighted by molar-refractivity contribution is 0.0936. The summed E-state index contributed by atoms with van der Waals surface area (Å²) in [6.45, 7) is 2.77. The van der Waals surface area contributed by atoms with Crippen LogP contribution in [0.25, 0.3) is 0 Å². The third kappa shape index (κ3) is 3.93. The minimum Gasteiger partial charge on any atom is -0.396 e. The molecule has 2 N–H and O–H groups in total. The van der Waals surface area contributed by atoms with Crippen LogP contribution in [0.2, 0.25) is 5.02 Å². The monoisotopic (exact) mass is 296 g/mol. The second kappa shape index (κ2) is 7.04. The van der Waals surface area contributed by atoms with Crippen LogP contribution in [0.15, 0.2) is 12.3 Å². The highest BCUT2D eigenvalue weighted by atomic mass is 35.5. The van der Waals surface area contributed by atoms with E-state index in [9.17, 15) is 4.79 Å². The van der Waals surface area contributed by atoms with Crippen molar-refractivity contribution in [2.45, 2.75) is 32.6 Å². The molecule has 0 aromatic carbocycles. The molecule has 0 radical (unpaired) electrons. The molecule has 0 atom stereocenters. The number of aliphatic hydroxyl groups is 1. The number of amides is 1. The molecule has 20 heavy (non-hydrogen) atoms. The number of halogens is 1. The summed E-state index contributed by atoms with van der Waals surface area (Å²) in [6.07, 6.45) is 5.78. The molecule has 0 spiro atoms. The highest BCUT2D eigenvalue weighted by Gasteiger charge is 2.21. The molecule has 1 aromatic rings. The third-order valence-electron chi connectivity index (χ3n) is 4.07. The van der Waals surface area contributed by atoms with Gasteiger partial charge in [0.1, 0.15) is 0 Å². The third-order valence-corrected chi connectivity index (χ3v) is 4.28. The van der Waals surface area contributed by atoms with Crippen molar-refractivity contribution in [1.29, 1.82) is 0 Å². The maximum absolute atomic E-state index is 12.1. The van der Waals surface area contributed by atoms with Crippen molar-refractivity contribution >= 4 is 17.5 Å². The van der Waals surface area contributed by atoms with Crippen molar-refractivity contribution in [2.24, 2.45) is 11.8 Å². The number of pyridine rings is 1. The number of hydrogen-bond acceptors (Lipinski definition) is 3. The number of carbonyl (C=O) groups excluding carboxylic acids is 1. The van der Waals surface area contributed by atoms with Crippen LogP contribution >= 0.6 is 11.6 Å². The second-order valence-electron chi connectivity index (χ2n) is 5.57. The summed E-state index contributed by atoms with van der Waals surface area (Å²) in [6, 6.07) is 1.65. The van der Waals surface area contributed by atoms with Gasteiger partial charge in [0.05, 0.1) is 16.3 Å². The Morgan fingerprint density at radius 1 is 1.40 bits per heavy atom. The number of nitrogens with zero attached hydrogens (tertiary/aromatic N) is 1. The average Bonchev–Trinajstić information content (AvgIpc) is 2.47. The predicted molar refractivity (Wildman–Crippen MR) is 78.9 cm³/mol. The Morgan fingerprint density at radius 3 is 2.70 bits per heavy atom. The van der Waals surface area contributed by atoms with E-state index < -0.39 is 0 Å². The fourth-order valence-corrected chi connectivity index (χ4v) is 2.85. The number of hydrogen-bond donors (Lipinski definition) is 2. The fourth-order valence-electron chi connectivity index (χ4n) is 2.69. The molecular formula is C15H21ClN2O2. The molecule has 4 nitrogen and oxygen atoms in total. The Kier molecular flexibility index (Phi) is 5.38. The van der Waals surface area contributed by atoms with Gasteiger partial charge in [-0.1, -0.05) is 11.6 Å². The molecule has 1 saturated carbocycles. The molecule has 1 aliphatic carbocycles. The van der Waals surface area contributed by atoms with Crippen molar-refractivity contribution < 1.29 is 9.90 Å². The van der Waals surface area contributed by atoms with E-state index in [1.807, 2.05) is 0 Å². The molecule has 1 aromatic heterocycles. The van der Waals surface area contributed by atoms with Crippen LogP contribution in [0.3, 0.4) is 0 Å². The van der Waals surface area contributed by atoms with Gasteiger partial charge in [-0.2, -0.15) is 0 Å². The first-order valence-electron chi connectivity index (χ1n) is 7.11. The minimum absolute atomic E-state index is 0.109. The first-order valence-corrected chi connectivity index (χ1v) is 7.49. The van der Waals surface area contributed by atoms with Crippen LogP contribution in [-0.4, -0.2) is 29.1 Å². The molecule has 1 heterocycles. The van der Waals surface area contributed by atoms with Crippen molar-refractivity contribution in [3.63, 3.8) is 0 Å². The van der Waals surface area contributed by atoms with Gasteiger partial charge in [-0.05, 0) is 50.5 Å². The first kappa shape index (κ1) is 15.3. The normalized spacial score (nSPS) is 22.6. The van der Waals surface area contributed by atoms with Crippen molar-refractivity contribution in [3.8, 4) is 0 Å². The van der Waals surface area contributed by atoms with Gasteiger partial charge in [0.25, 0.3) is 5.91 Å². The predicted octanol–water partition coefficient (Wildman–Crippen LogP) is 2.57. The largest absolute Gasteiger partial charge is 0.396 e. The molecule has 1 fully saturated rings. The lowest BCUT2D eigenvalue weighted by atomic mass is 9.82. The summed E-state index contributed by atoms with van der Waals surface area (Å²) in [5, 5.41) is 12.6. The molecule has 0 bridgehead atoms. The average molecular weight is 297 g/mol. The molecule has 5 heteroatoms. The van der Waals surface area contributed by atoms with Crippen LogP contribution in [0, 0.1) is 18.8 Å². The van der Waals surface area contributed by atoms with E-state index in [1.165, 1.54) is 0 Å². The maximum atomic E-state index is 12.1. The molecule has 110 valence electrons. The van der Waals surface area contributed by atoms with Crippen LogP contribution in [0.1, 0.15) is 41.7 Å². The molecule has 0 unspecified atom stereocenters. The van der Waals surface area contributed by atoms with E-state index in [0.29, 0.717) is 34.7 Å². The molecule has 1 amide bonds. The molecule has 1 aliphatic rings.